The molecule has 0 atom stereocenters. The largest absolute Gasteiger partial charge is 0.500 e. The van der Waals surface area contributed by atoms with Gasteiger partial charge >= 0.3 is 8.80 Å². The Bertz CT molecular complexity index is 206. The molecule has 1 rings (SSSR count). The SMILES string of the molecule is CCO[Si](CCCNC1CCCCC1)(OC)OC. The molecular weight excluding hydrogens is 246 g/mol. The first kappa shape index (κ1) is 16.1. The maximum Gasteiger partial charge on any atom is 0.500 e. The molecule has 1 fully saturated rings. The summed E-state index contributed by atoms with van der Waals surface area (Å²) in [6, 6.07) is 1.63. The standard InChI is InChI=1S/C13H29NO3Si/c1-4-17-18(15-2,16-3)12-8-11-14-13-9-6-5-7-10-13/h13-14H,4-12H2,1-3H3. The molecule has 18 heavy (non-hydrogen) atoms. The summed E-state index contributed by atoms with van der Waals surface area (Å²) in [5.74, 6) is 0. The third-order valence-electron chi connectivity index (χ3n) is 3.68. The highest BCUT2D eigenvalue weighted by Crippen LogP contribution is 2.18. The highest BCUT2D eigenvalue weighted by molar-refractivity contribution is 6.60. The molecular formula is C13H29NO3Si. The molecule has 0 aromatic carbocycles. The summed E-state index contributed by atoms with van der Waals surface area (Å²) in [6.45, 7) is 3.68. The summed E-state index contributed by atoms with van der Waals surface area (Å²) < 4.78 is 16.7. The van der Waals surface area contributed by atoms with E-state index < -0.39 is 8.80 Å². The Morgan fingerprint density at radius 3 is 2.33 bits per heavy atom. The first-order valence-electron chi connectivity index (χ1n) is 7.24. The number of nitrogens with one attached hydrogen (secondary N) is 1. The fourth-order valence-corrected chi connectivity index (χ4v) is 4.62. The Kier molecular flexibility index (Phi) is 8.09. The van der Waals surface area contributed by atoms with Crippen molar-refractivity contribution < 1.29 is 13.3 Å². The van der Waals surface area contributed by atoms with E-state index in [0.717, 1.165) is 25.1 Å². The van der Waals surface area contributed by atoms with E-state index in [9.17, 15) is 0 Å². The normalized spacial score (nSPS) is 18.2. The van der Waals surface area contributed by atoms with Gasteiger partial charge in [-0.3, -0.25) is 0 Å². The van der Waals surface area contributed by atoms with Gasteiger partial charge in [0.2, 0.25) is 0 Å². The lowest BCUT2D eigenvalue weighted by Gasteiger charge is -2.27. The fraction of sp³-hybridized carbons (Fsp3) is 1.00. The quantitative estimate of drug-likeness (QED) is 0.518. The highest BCUT2D eigenvalue weighted by atomic mass is 28.4. The molecule has 5 heteroatoms. The van der Waals surface area contributed by atoms with Gasteiger partial charge in [0.25, 0.3) is 0 Å². The van der Waals surface area contributed by atoms with E-state index in [4.69, 9.17) is 13.3 Å². The maximum atomic E-state index is 5.69. The third kappa shape index (κ3) is 5.36. The van der Waals surface area contributed by atoms with Gasteiger partial charge in [-0.05, 0) is 32.7 Å². The van der Waals surface area contributed by atoms with Crippen LogP contribution in [-0.4, -0.2) is 42.2 Å². The van der Waals surface area contributed by atoms with Crippen LogP contribution in [0.2, 0.25) is 6.04 Å². The van der Waals surface area contributed by atoms with Crippen LogP contribution in [0.5, 0.6) is 0 Å². The van der Waals surface area contributed by atoms with E-state index in [1.807, 2.05) is 6.92 Å². The Morgan fingerprint density at radius 1 is 1.11 bits per heavy atom. The van der Waals surface area contributed by atoms with E-state index in [2.05, 4.69) is 5.32 Å². The van der Waals surface area contributed by atoms with Gasteiger partial charge in [-0.25, -0.2) is 0 Å². The Balaban J connectivity index is 2.17. The zero-order valence-corrected chi connectivity index (χ0v) is 13.2. The van der Waals surface area contributed by atoms with Crippen LogP contribution < -0.4 is 5.32 Å². The van der Waals surface area contributed by atoms with Crippen LogP contribution in [-0.2, 0) is 13.3 Å². The highest BCUT2D eigenvalue weighted by Gasteiger charge is 2.37. The van der Waals surface area contributed by atoms with Crippen LogP contribution in [0.3, 0.4) is 0 Å². The molecule has 0 amide bonds. The number of hydrogen-bond acceptors (Lipinski definition) is 4. The van der Waals surface area contributed by atoms with E-state index in [-0.39, 0.29) is 0 Å². The van der Waals surface area contributed by atoms with Gasteiger partial charge in [0.1, 0.15) is 0 Å². The van der Waals surface area contributed by atoms with E-state index >= 15 is 0 Å². The van der Waals surface area contributed by atoms with E-state index in [1.54, 1.807) is 14.2 Å². The van der Waals surface area contributed by atoms with Crippen molar-refractivity contribution in [3.05, 3.63) is 0 Å². The maximum absolute atomic E-state index is 5.69. The molecule has 0 bridgehead atoms. The summed E-state index contributed by atoms with van der Waals surface area (Å²) >= 11 is 0. The van der Waals surface area contributed by atoms with Crippen LogP contribution in [0.25, 0.3) is 0 Å². The molecule has 0 spiro atoms. The molecule has 0 aromatic heterocycles. The minimum atomic E-state index is -2.37. The van der Waals surface area contributed by atoms with Crippen molar-refractivity contribution in [2.75, 3.05) is 27.4 Å². The van der Waals surface area contributed by atoms with Gasteiger partial charge < -0.3 is 18.6 Å². The van der Waals surface area contributed by atoms with Gasteiger partial charge in [0.05, 0.1) is 0 Å². The molecule has 1 saturated carbocycles. The topological polar surface area (TPSA) is 39.7 Å². The lowest BCUT2D eigenvalue weighted by Crippen LogP contribution is -2.44. The summed E-state index contributed by atoms with van der Waals surface area (Å²) in [7, 11) is 1.02. The van der Waals surface area contributed by atoms with Gasteiger partial charge in [0, 0.05) is 32.9 Å². The summed E-state index contributed by atoms with van der Waals surface area (Å²) in [6.07, 6.45) is 7.90. The van der Waals surface area contributed by atoms with Crippen molar-refractivity contribution in [3.63, 3.8) is 0 Å². The van der Waals surface area contributed by atoms with Crippen molar-refractivity contribution in [2.24, 2.45) is 0 Å². The molecule has 0 radical (unpaired) electrons. The van der Waals surface area contributed by atoms with Gasteiger partial charge in [-0.1, -0.05) is 19.3 Å². The molecule has 1 N–H and O–H groups in total. The van der Waals surface area contributed by atoms with Crippen LogP contribution in [0.1, 0.15) is 45.4 Å². The van der Waals surface area contributed by atoms with Gasteiger partial charge in [-0.2, -0.15) is 0 Å². The molecule has 0 aliphatic heterocycles. The lowest BCUT2D eigenvalue weighted by atomic mass is 9.95. The first-order chi connectivity index (χ1) is 8.76. The van der Waals surface area contributed by atoms with Crippen LogP contribution in [0.4, 0.5) is 0 Å². The van der Waals surface area contributed by atoms with Crippen LogP contribution in [0.15, 0.2) is 0 Å². The second kappa shape index (κ2) is 9.04. The Hall–Kier alpha value is 0.0569. The molecule has 108 valence electrons. The van der Waals surface area contributed by atoms with Crippen LogP contribution in [0, 0.1) is 0 Å². The summed E-state index contributed by atoms with van der Waals surface area (Å²) in [4.78, 5) is 0. The third-order valence-corrected chi connectivity index (χ3v) is 6.62. The van der Waals surface area contributed by atoms with Crippen molar-refractivity contribution in [1.82, 2.24) is 5.32 Å². The molecule has 1 aliphatic rings. The summed E-state index contributed by atoms with van der Waals surface area (Å²) in [5.41, 5.74) is 0. The smallest absolute Gasteiger partial charge is 0.377 e. The number of hydrogen-bond donors (Lipinski definition) is 1. The van der Waals surface area contributed by atoms with E-state index in [0.29, 0.717) is 6.61 Å². The molecule has 0 aromatic rings. The summed E-state index contributed by atoms with van der Waals surface area (Å²) in [5, 5.41) is 3.64. The second-order valence-corrected chi connectivity index (χ2v) is 7.89. The monoisotopic (exact) mass is 275 g/mol. The average molecular weight is 275 g/mol. The Labute approximate surface area is 113 Å². The van der Waals surface area contributed by atoms with Crippen molar-refractivity contribution in [1.29, 1.82) is 0 Å². The van der Waals surface area contributed by atoms with Gasteiger partial charge in [-0.15, -0.1) is 0 Å². The van der Waals surface area contributed by atoms with Gasteiger partial charge in [0.15, 0.2) is 0 Å². The van der Waals surface area contributed by atoms with Crippen molar-refractivity contribution in [2.45, 2.75) is 57.5 Å². The predicted molar refractivity (Wildman–Crippen MR) is 75.7 cm³/mol. The van der Waals surface area contributed by atoms with Crippen molar-refractivity contribution in [3.8, 4) is 0 Å². The molecule has 0 saturated heterocycles. The first-order valence-corrected chi connectivity index (χ1v) is 9.17. The molecule has 4 nitrogen and oxygen atoms in total. The molecule has 0 unspecified atom stereocenters. The molecule has 0 heterocycles. The number of rotatable bonds is 9. The van der Waals surface area contributed by atoms with Crippen LogP contribution >= 0.6 is 0 Å². The average Bonchev–Trinajstić information content (AvgIpc) is 2.43. The Morgan fingerprint density at radius 2 is 1.78 bits per heavy atom. The molecule has 1 aliphatic carbocycles. The van der Waals surface area contributed by atoms with E-state index in [1.165, 1.54) is 32.1 Å². The second-order valence-electron chi connectivity index (χ2n) is 4.92. The predicted octanol–water partition coefficient (Wildman–Crippen LogP) is 2.57. The minimum Gasteiger partial charge on any atom is -0.377 e. The zero-order valence-electron chi connectivity index (χ0n) is 12.2. The minimum absolute atomic E-state index is 0.657. The zero-order chi connectivity index (χ0) is 13.3. The fourth-order valence-electron chi connectivity index (χ4n) is 2.62. The lowest BCUT2D eigenvalue weighted by molar-refractivity contribution is 0.103. The van der Waals surface area contributed by atoms with Crippen molar-refractivity contribution >= 4 is 8.80 Å².